The minimum atomic E-state index is 0.125. The van der Waals surface area contributed by atoms with Crippen molar-refractivity contribution in [3.8, 4) is 0 Å². The van der Waals surface area contributed by atoms with Gasteiger partial charge in [0.2, 0.25) is 5.91 Å². The minimum absolute atomic E-state index is 0.125. The highest BCUT2D eigenvalue weighted by atomic mass is 16.2. The number of hydrogen-bond acceptors (Lipinski definition) is 3. The molecule has 1 aliphatic heterocycles. The van der Waals surface area contributed by atoms with Gasteiger partial charge in [0.25, 0.3) is 0 Å². The van der Waals surface area contributed by atoms with Crippen LogP contribution in [0.5, 0.6) is 0 Å². The molecule has 0 saturated heterocycles. The molecular weight excluding hydrogens is 312 g/mol. The van der Waals surface area contributed by atoms with E-state index >= 15 is 0 Å². The third-order valence-electron chi connectivity index (χ3n) is 5.02. The summed E-state index contributed by atoms with van der Waals surface area (Å²) in [5.74, 6) is 0.125. The zero-order valence-electron chi connectivity index (χ0n) is 14.6. The number of pyridine rings is 1. The summed E-state index contributed by atoms with van der Waals surface area (Å²) in [6, 6.07) is 12.2. The zero-order chi connectivity index (χ0) is 17.4. The third kappa shape index (κ3) is 2.76. The molecule has 25 heavy (non-hydrogen) atoms. The normalized spacial score (nSPS) is 17.4. The van der Waals surface area contributed by atoms with Crippen LogP contribution < -0.4 is 9.80 Å². The first-order valence-electron chi connectivity index (χ1n) is 8.68. The lowest BCUT2D eigenvalue weighted by atomic mass is 10.1. The van der Waals surface area contributed by atoms with Gasteiger partial charge in [-0.25, -0.2) is 4.98 Å². The highest BCUT2D eigenvalue weighted by Crippen LogP contribution is 2.34. The Morgan fingerprint density at radius 2 is 2.04 bits per heavy atom. The van der Waals surface area contributed by atoms with Gasteiger partial charge >= 0.3 is 0 Å². The smallest absolute Gasteiger partial charge is 0.231 e. The van der Waals surface area contributed by atoms with Gasteiger partial charge in [0, 0.05) is 37.4 Å². The van der Waals surface area contributed by atoms with Crippen molar-refractivity contribution in [2.24, 2.45) is 0 Å². The van der Waals surface area contributed by atoms with E-state index in [4.69, 9.17) is 0 Å². The number of H-pyrrole nitrogens is 1. The average Bonchev–Trinajstić information content (AvgIpc) is 2.97. The SMILES string of the molecule is CC1CCN(C)c2ccccc2N1C(=O)Cc1c[nH]c2ncccc12. The Morgan fingerprint density at radius 3 is 2.88 bits per heavy atom. The summed E-state index contributed by atoms with van der Waals surface area (Å²) < 4.78 is 0. The molecule has 1 N–H and O–H groups in total. The zero-order valence-corrected chi connectivity index (χ0v) is 14.6. The molecule has 128 valence electrons. The first kappa shape index (κ1) is 15.7. The van der Waals surface area contributed by atoms with E-state index in [-0.39, 0.29) is 11.9 Å². The third-order valence-corrected chi connectivity index (χ3v) is 5.02. The van der Waals surface area contributed by atoms with Crippen LogP contribution in [0.3, 0.4) is 0 Å². The topological polar surface area (TPSA) is 52.2 Å². The van der Waals surface area contributed by atoms with Crippen LogP contribution in [0.15, 0.2) is 48.8 Å². The summed E-state index contributed by atoms with van der Waals surface area (Å²) in [7, 11) is 2.09. The van der Waals surface area contributed by atoms with Crippen molar-refractivity contribution in [2.75, 3.05) is 23.4 Å². The van der Waals surface area contributed by atoms with Gasteiger partial charge in [-0.05, 0) is 43.2 Å². The number of fused-ring (bicyclic) bond motifs is 2. The molecule has 0 saturated carbocycles. The predicted octanol–water partition coefficient (Wildman–Crippen LogP) is 3.37. The number of aromatic amines is 1. The Balaban J connectivity index is 1.70. The summed E-state index contributed by atoms with van der Waals surface area (Å²) >= 11 is 0. The summed E-state index contributed by atoms with van der Waals surface area (Å²) in [6.45, 7) is 3.07. The van der Waals surface area contributed by atoms with E-state index in [2.05, 4.69) is 34.9 Å². The van der Waals surface area contributed by atoms with Crippen LogP contribution in [0, 0.1) is 0 Å². The van der Waals surface area contributed by atoms with Gasteiger partial charge in [-0.3, -0.25) is 4.79 Å². The lowest BCUT2D eigenvalue weighted by Crippen LogP contribution is -2.39. The fourth-order valence-corrected chi connectivity index (χ4v) is 3.65. The second kappa shape index (κ2) is 6.24. The quantitative estimate of drug-likeness (QED) is 0.782. The Hall–Kier alpha value is -2.82. The minimum Gasteiger partial charge on any atom is -0.373 e. The molecule has 0 bridgehead atoms. The van der Waals surface area contributed by atoms with E-state index in [0.29, 0.717) is 6.42 Å². The molecule has 0 spiro atoms. The second-order valence-electron chi connectivity index (χ2n) is 6.70. The number of nitrogens with one attached hydrogen (secondary N) is 1. The molecular formula is C20H22N4O. The van der Waals surface area contributed by atoms with Crippen molar-refractivity contribution < 1.29 is 4.79 Å². The van der Waals surface area contributed by atoms with E-state index in [1.807, 2.05) is 41.4 Å². The highest BCUT2D eigenvalue weighted by Gasteiger charge is 2.28. The van der Waals surface area contributed by atoms with Gasteiger partial charge in [-0.2, -0.15) is 0 Å². The molecule has 4 rings (SSSR count). The number of para-hydroxylation sites is 2. The lowest BCUT2D eigenvalue weighted by molar-refractivity contribution is -0.118. The van der Waals surface area contributed by atoms with Gasteiger partial charge in [0.1, 0.15) is 5.65 Å². The molecule has 0 aliphatic carbocycles. The van der Waals surface area contributed by atoms with Gasteiger partial charge in [0.15, 0.2) is 0 Å². The number of benzene rings is 1. The standard InChI is InChI=1S/C20H22N4O/c1-14-9-11-23(2)17-7-3-4-8-18(17)24(14)19(25)12-15-13-22-20-16(15)6-5-10-21-20/h3-8,10,13-14H,9,11-12H2,1-2H3,(H,21,22). The van der Waals surface area contributed by atoms with Crippen molar-refractivity contribution in [3.63, 3.8) is 0 Å². The number of nitrogens with zero attached hydrogens (tertiary/aromatic N) is 3. The van der Waals surface area contributed by atoms with Crippen LogP contribution in [-0.2, 0) is 11.2 Å². The predicted molar refractivity (Wildman–Crippen MR) is 101 cm³/mol. The van der Waals surface area contributed by atoms with E-state index in [1.54, 1.807) is 6.20 Å². The Labute approximate surface area is 147 Å². The average molecular weight is 334 g/mol. The number of aromatic nitrogens is 2. The molecule has 5 heteroatoms. The lowest BCUT2D eigenvalue weighted by Gasteiger charge is -2.28. The summed E-state index contributed by atoms with van der Waals surface area (Å²) in [4.78, 5) is 24.9. The summed E-state index contributed by atoms with van der Waals surface area (Å²) in [5.41, 5.74) is 3.93. The Bertz CT molecular complexity index is 917. The van der Waals surface area contributed by atoms with Crippen molar-refractivity contribution >= 4 is 28.3 Å². The van der Waals surface area contributed by atoms with Crippen LogP contribution >= 0.6 is 0 Å². The Kier molecular flexibility index (Phi) is 3.92. The number of carbonyl (C=O) groups is 1. The second-order valence-corrected chi connectivity index (χ2v) is 6.70. The van der Waals surface area contributed by atoms with E-state index in [0.717, 1.165) is 40.9 Å². The number of amides is 1. The van der Waals surface area contributed by atoms with Crippen LogP contribution in [0.2, 0.25) is 0 Å². The molecule has 1 atom stereocenters. The first-order valence-corrected chi connectivity index (χ1v) is 8.68. The van der Waals surface area contributed by atoms with Gasteiger partial charge in [-0.15, -0.1) is 0 Å². The van der Waals surface area contributed by atoms with Crippen molar-refractivity contribution in [1.82, 2.24) is 9.97 Å². The number of rotatable bonds is 2. The first-order chi connectivity index (χ1) is 12.1. The van der Waals surface area contributed by atoms with Gasteiger partial charge in [0.05, 0.1) is 17.8 Å². The fraction of sp³-hybridized carbons (Fsp3) is 0.300. The maximum Gasteiger partial charge on any atom is 0.231 e. The van der Waals surface area contributed by atoms with E-state index < -0.39 is 0 Å². The highest BCUT2D eigenvalue weighted by molar-refractivity contribution is 6.00. The molecule has 0 radical (unpaired) electrons. The Morgan fingerprint density at radius 1 is 1.24 bits per heavy atom. The molecule has 2 aromatic heterocycles. The summed E-state index contributed by atoms with van der Waals surface area (Å²) in [6.07, 6.45) is 4.98. The largest absolute Gasteiger partial charge is 0.373 e. The molecule has 3 aromatic rings. The van der Waals surface area contributed by atoms with Gasteiger partial charge < -0.3 is 14.8 Å². The molecule has 1 aliphatic rings. The maximum atomic E-state index is 13.2. The number of carbonyl (C=O) groups excluding carboxylic acids is 1. The van der Waals surface area contributed by atoms with Crippen molar-refractivity contribution in [2.45, 2.75) is 25.8 Å². The molecule has 3 heterocycles. The van der Waals surface area contributed by atoms with Crippen LogP contribution in [-0.4, -0.2) is 35.5 Å². The van der Waals surface area contributed by atoms with E-state index in [1.165, 1.54) is 0 Å². The van der Waals surface area contributed by atoms with Crippen molar-refractivity contribution in [3.05, 3.63) is 54.4 Å². The van der Waals surface area contributed by atoms with Crippen LogP contribution in [0.25, 0.3) is 11.0 Å². The monoisotopic (exact) mass is 334 g/mol. The molecule has 1 unspecified atom stereocenters. The molecule has 1 amide bonds. The number of anilines is 2. The summed E-state index contributed by atoms with van der Waals surface area (Å²) in [5, 5.41) is 1.02. The molecule has 5 nitrogen and oxygen atoms in total. The van der Waals surface area contributed by atoms with E-state index in [9.17, 15) is 4.79 Å². The number of hydrogen-bond donors (Lipinski definition) is 1. The maximum absolute atomic E-state index is 13.2. The van der Waals surface area contributed by atoms with Crippen LogP contribution in [0.4, 0.5) is 11.4 Å². The van der Waals surface area contributed by atoms with Crippen molar-refractivity contribution in [1.29, 1.82) is 0 Å². The van der Waals surface area contributed by atoms with Gasteiger partial charge in [-0.1, -0.05) is 12.1 Å². The van der Waals surface area contributed by atoms with Crippen LogP contribution in [0.1, 0.15) is 18.9 Å². The molecule has 1 aromatic carbocycles. The molecule has 0 fully saturated rings. The fourth-order valence-electron chi connectivity index (χ4n) is 3.65.